The highest BCUT2D eigenvalue weighted by atomic mass is 32.3. The van der Waals surface area contributed by atoms with E-state index in [0.717, 1.165) is 26.1 Å². The monoisotopic (exact) mass is 376 g/mol. The van der Waals surface area contributed by atoms with Crippen LogP contribution in [0.25, 0.3) is 0 Å². The summed E-state index contributed by atoms with van der Waals surface area (Å²) in [5, 5.41) is 24.0. The first-order chi connectivity index (χ1) is 11.3. The Kier molecular flexibility index (Phi) is 27.0. The van der Waals surface area contributed by atoms with Crippen molar-refractivity contribution in [3.8, 4) is 0 Å². The second-order valence-electron chi connectivity index (χ2n) is 4.82. The quantitative estimate of drug-likeness (QED) is 0.298. The summed E-state index contributed by atoms with van der Waals surface area (Å²) in [6.45, 7) is 7.17. The molecule has 0 heterocycles. The summed E-state index contributed by atoms with van der Waals surface area (Å²) in [4.78, 5) is 0. The average molecular weight is 377 g/mol. The van der Waals surface area contributed by atoms with Crippen LogP contribution in [0.5, 0.6) is 0 Å². The number of aliphatic hydroxyl groups excluding tert-OH is 3. The normalized spacial score (nSPS) is 10.7. The predicted molar refractivity (Wildman–Crippen MR) is 93.2 cm³/mol. The zero-order valence-electron chi connectivity index (χ0n) is 15.2. The van der Waals surface area contributed by atoms with E-state index >= 15 is 0 Å². The van der Waals surface area contributed by atoms with Gasteiger partial charge >= 0.3 is 10.4 Å². The van der Waals surface area contributed by atoms with Gasteiger partial charge in [0, 0.05) is 13.2 Å². The maximum absolute atomic E-state index is 10.1. The first-order valence-corrected chi connectivity index (χ1v) is 9.74. The van der Waals surface area contributed by atoms with E-state index in [1.165, 1.54) is 19.3 Å². The molecule has 9 heteroatoms. The highest BCUT2D eigenvalue weighted by molar-refractivity contribution is 7.80. The van der Waals surface area contributed by atoms with Gasteiger partial charge in [-0.1, -0.05) is 39.0 Å². The Morgan fingerprint density at radius 1 is 0.875 bits per heavy atom. The molecular formula is C15H36O8S. The lowest BCUT2D eigenvalue weighted by molar-refractivity contribution is 0.0450. The Labute approximate surface area is 146 Å². The fourth-order valence-electron chi connectivity index (χ4n) is 1.31. The molecule has 4 N–H and O–H groups in total. The highest BCUT2D eigenvalue weighted by Crippen LogP contribution is 2.05. The molecule has 0 rings (SSSR count). The molecule has 150 valence electrons. The minimum absolute atomic E-state index is 0.0883. The molecule has 0 aliphatic rings. The van der Waals surface area contributed by atoms with Crippen LogP contribution in [0.1, 0.15) is 59.3 Å². The molecule has 0 amide bonds. The van der Waals surface area contributed by atoms with Crippen molar-refractivity contribution in [2.24, 2.45) is 0 Å². The Morgan fingerprint density at radius 3 is 1.62 bits per heavy atom. The largest absolute Gasteiger partial charge is 0.397 e. The third-order valence-corrected chi connectivity index (χ3v) is 3.02. The van der Waals surface area contributed by atoms with Crippen molar-refractivity contribution in [1.82, 2.24) is 0 Å². The molecule has 0 aromatic carbocycles. The summed E-state index contributed by atoms with van der Waals surface area (Å²) in [6.07, 6.45) is 5.38. The number of rotatable bonds is 12. The first kappa shape index (κ1) is 28.5. The van der Waals surface area contributed by atoms with Crippen LogP contribution in [0.4, 0.5) is 0 Å². The van der Waals surface area contributed by atoms with Crippen LogP contribution in [-0.2, 0) is 19.3 Å². The van der Waals surface area contributed by atoms with E-state index in [2.05, 4.69) is 11.1 Å². The zero-order valence-corrected chi connectivity index (χ0v) is 16.0. The van der Waals surface area contributed by atoms with Gasteiger partial charge in [-0.2, -0.15) is 8.42 Å². The van der Waals surface area contributed by atoms with Gasteiger partial charge in [-0.05, 0) is 20.3 Å². The van der Waals surface area contributed by atoms with E-state index < -0.39 is 16.5 Å². The second kappa shape index (κ2) is 22.7. The lowest BCUT2D eigenvalue weighted by Gasteiger charge is -2.00. The van der Waals surface area contributed by atoms with Gasteiger partial charge in [0.1, 0.15) is 6.10 Å². The van der Waals surface area contributed by atoms with E-state index in [9.17, 15) is 8.42 Å². The zero-order chi connectivity index (χ0) is 19.3. The lowest BCUT2D eigenvalue weighted by Crippen LogP contribution is -2.15. The van der Waals surface area contributed by atoms with Crippen LogP contribution in [0, 0.1) is 0 Å². The minimum Gasteiger partial charge on any atom is -0.394 e. The van der Waals surface area contributed by atoms with Gasteiger partial charge in [0.25, 0.3) is 0 Å². The summed E-state index contributed by atoms with van der Waals surface area (Å²) >= 11 is 0. The highest BCUT2D eigenvalue weighted by Gasteiger charge is 2.02. The molecule has 0 fully saturated rings. The SMILES string of the molecule is CCCCCCCCOS(=O)(=O)O.CCOCC.OCC(O)CO. The molecule has 0 aromatic heterocycles. The third-order valence-electron chi connectivity index (χ3n) is 2.56. The van der Waals surface area contributed by atoms with Gasteiger partial charge in [-0.3, -0.25) is 4.55 Å². The molecule has 0 atom stereocenters. The van der Waals surface area contributed by atoms with Gasteiger partial charge in [0.2, 0.25) is 0 Å². The smallest absolute Gasteiger partial charge is 0.394 e. The molecule has 0 radical (unpaired) electrons. The fourth-order valence-corrected chi connectivity index (χ4v) is 1.64. The molecule has 0 unspecified atom stereocenters. The van der Waals surface area contributed by atoms with Gasteiger partial charge in [-0.25, -0.2) is 4.18 Å². The number of hydrogen-bond acceptors (Lipinski definition) is 7. The fraction of sp³-hybridized carbons (Fsp3) is 1.00. The van der Waals surface area contributed by atoms with E-state index in [1.807, 2.05) is 13.8 Å². The molecule has 8 nitrogen and oxygen atoms in total. The van der Waals surface area contributed by atoms with Crippen molar-refractivity contribution in [3.05, 3.63) is 0 Å². The summed E-state index contributed by atoms with van der Waals surface area (Å²) in [5.74, 6) is 0. The molecule has 0 spiro atoms. The second-order valence-corrected chi connectivity index (χ2v) is 5.91. The standard InChI is InChI=1S/C8H18O4S.C4H10O.C3H8O3/c1-2-3-4-5-6-7-8-12-13(9,10)11;1-3-5-4-2;4-1-3(6)2-5/h2-8H2,1H3,(H,9,10,11);3-4H2,1-2H3;3-6H,1-2H2. The van der Waals surface area contributed by atoms with Gasteiger partial charge in [0.15, 0.2) is 0 Å². The molecule has 0 bridgehead atoms. The van der Waals surface area contributed by atoms with Gasteiger partial charge in [-0.15, -0.1) is 0 Å². The Morgan fingerprint density at radius 2 is 1.33 bits per heavy atom. The number of hydrogen-bond donors (Lipinski definition) is 4. The number of ether oxygens (including phenoxy) is 1. The van der Waals surface area contributed by atoms with Crippen LogP contribution in [0.2, 0.25) is 0 Å². The number of aliphatic hydroxyl groups is 3. The van der Waals surface area contributed by atoms with Crippen LogP contribution in [-0.4, -0.2) is 67.4 Å². The van der Waals surface area contributed by atoms with Crippen molar-refractivity contribution in [3.63, 3.8) is 0 Å². The summed E-state index contributed by atoms with van der Waals surface area (Å²) in [6, 6.07) is 0. The van der Waals surface area contributed by atoms with Gasteiger partial charge in [0.05, 0.1) is 19.8 Å². The molecule has 0 saturated carbocycles. The lowest BCUT2D eigenvalue weighted by atomic mass is 10.1. The number of unbranched alkanes of at least 4 members (excludes halogenated alkanes) is 5. The third kappa shape index (κ3) is 37.7. The van der Waals surface area contributed by atoms with Crippen LogP contribution >= 0.6 is 0 Å². The van der Waals surface area contributed by atoms with Crippen molar-refractivity contribution in [2.75, 3.05) is 33.0 Å². The Balaban J connectivity index is -0.000000332. The predicted octanol–water partition coefficient (Wildman–Crippen LogP) is 1.54. The molecule has 0 saturated heterocycles. The van der Waals surface area contributed by atoms with E-state index in [1.54, 1.807) is 0 Å². The molecule has 0 aliphatic heterocycles. The van der Waals surface area contributed by atoms with Crippen molar-refractivity contribution in [1.29, 1.82) is 0 Å². The first-order valence-electron chi connectivity index (χ1n) is 8.38. The van der Waals surface area contributed by atoms with Gasteiger partial charge < -0.3 is 20.1 Å². The maximum Gasteiger partial charge on any atom is 0.397 e. The van der Waals surface area contributed by atoms with E-state index in [0.29, 0.717) is 6.42 Å². The van der Waals surface area contributed by atoms with E-state index in [-0.39, 0.29) is 19.8 Å². The molecule has 24 heavy (non-hydrogen) atoms. The summed E-state index contributed by atoms with van der Waals surface area (Å²) in [7, 11) is -4.22. The topological polar surface area (TPSA) is 134 Å². The molecule has 0 aromatic rings. The van der Waals surface area contributed by atoms with Crippen LogP contribution in [0.15, 0.2) is 0 Å². The maximum atomic E-state index is 10.1. The Hall–Kier alpha value is -0.290. The van der Waals surface area contributed by atoms with Crippen molar-refractivity contribution < 1.29 is 37.2 Å². The van der Waals surface area contributed by atoms with Crippen molar-refractivity contribution in [2.45, 2.75) is 65.4 Å². The summed E-state index contributed by atoms with van der Waals surface area (Å²) < 4.78 is 37.4. The molecular weight excluding hydrogens is 340 g/mol. The molecule has 0 aliphatic carbocycles. The Bertz CT molecular complexity index is 303. The minimum atomic E-state index is -4.22. The van der Waals surface area contributed by atoms with Crippen molar-refractivity contribution >= 4 is 10.4 Å². The average Bonchev–Trinajstić information content (AvgIpc) is 2.54. The van der Waals surface area contributed by atoms with Crippen LogP contribution in [0.3, 0.4) is 0 Å². The van der Waals surface area contributed by atoms with E-state index in [4.69, 9.17) is 24.6 Å². The summed E-state index contributed by atoms with van der Waals surface area (Å²) in [5.41, 5.74) is 0. The van der Waals surface area contributed by atoms with Crippen LogP contribution < -0.4 is 0 Å².